The van der Waals surface area contributed by atoms with Gasteiger partial charge in [-0.25, -0.2) is 0 Å². The maximum Gasteiger partial charge on any atom is 0.207 e. The number of carbonyl (C=O) groups excluding carboxylic acids is 1. The highest BCUT2D eigenvalue weighted by atomic mass is 16.6. The number of phenolic OH excluding ortho intramolecular Hbond substituents is 1. The molecule has 13 heteroatoms. The number of ketones is 1. The Balaban J connectivity index is 0.977. The number of hydrogen-bond acceptors (Lipinski definition) is 11. The van der Waals surface area contributed by atoms with Crippen LogP contribution in [0.4, 0.5) is 5.69 Å². The molecule has 3 aliphatic heterocycles. The standard InChI is InChI=1S/C76H102N4O9/c1-5-49-17-21-56-57(16-13-36-81)68-71(28-9-10-29-71)32-33-75(68)55-41-60(80-69(78-3)79-35-12-15-53-14-11-30-74(53,65(84)24-22-59(75)58(56)38-49)43-50-18-23-61(83)62(39-50)86-4)67-63(42-55)88-73(48-77-2)44-64(70(34-37-87-67)26-7-6-8-27-70)72(46-73)31-25-54-40-51-19-20-52(45-82)66(51)89-76(54,85)47-72/h18,22-25,31,39,41-42,49,51-54,56-59,64,66,68,77,81-83,85H,5-11,13-17,19-21,26-30,32-33,36,38,40,43-48H2,1-4H3,(H2,78,79,80). The van der Waals surface area contributed by atoms with Crippen LogP contribution < -0.4 is 30.2 Å². The lowest BCUT2D eigenvalue weighted by atomic mass is 9.42. The second kappa shape index (κ2) is 24.1. The SMILES string of the molecule is CCC1CCC2C(C1)C1C=CC(=O)C3(Cc4ccc(O)c(OC)c4)CCCC3CC#CNC(=NC)Nc3cc(cc4c3OC#CC3(CCCCC3)C3CC(CNC)(CC35C=CC3CC6CCC(CO)C6OC3(O)C5)O4)C13CCC1(CCCC1)C3C2CCCO. The van der Waals surface area contributed by atoms with E-state index in [1.165, 1.54) is 37.7 Å². The third-order valence-electron chi connectivity index (χ3n) is 27.0. The molecule has 9 fully saturated rings. The molecule has 8 saturated carbocycles. The van der Waals surface area contributed by atoms with Gasteiger partial charge in [-0.05, 0) is 223 Å². The number of methoxy groups -OCH3 is 1. The first kappa shape index (κ1) is 61.5. The number of allylic oxidation sites excluding steroid dienone is 3. The Bertz CT molecular complexity index is 3210. The minimum Gasteiger partial charge on any atom is -0.504 e. The van der Waals surface area contributed by atoms with Gasteiger partial charge in [0.15, 0.2) is 28.8 Å². The van der Waals surface area contributed by atoms with Gasteiger partial charge in [-0.1, -0.05) is 94.4 Å². The summed E-state index contributed by atoms with van der Waals surface area (Å²) in [6, 6.07) is 13.6. The fourth-order valence-corrected chi connectivity index (χ4v) is 23.4. The molecular formula is C76H102N4O9. The molecule has 2 aromatic carbocycles. The summed E-state index contributed by atoms with van der Waals surface area (Å²) < 4.78 is 28.1. The van der Waals surface area contributed by atoms with Crippen molar-refractivity contribution in [1.82, 2.24) is 10.6 Å². The highest BCUT2D eigenvalue weighted by Crippen LogP contribution is 2.75. The smallest absolute Gasteiger partial charge is 0.207 e. The Morgan fingerprint density at radius 1 is 0.910 bits per heavy atom. The minimum atomic E-state index is -1.40. The molecule has 2 aromatic rings. The third kappa shape index (κ3) is 10.3. The lowest BCUT2D eigenvalue weighted by Crippen LogP contribution is -2.58. The number of fused-ring (bicyclic) bond motifs is 14. The van der Waals surface area contributed by atoms with Crippen LogP contribution in [0.5, 0.6) is 23.0 Å². The summed E-state index contributed by atoms with van der Waals surface area (Å²) in [5, 5.41) is 56.5. The van der Waals surface area contributed by atoms with E-state index in [2.05, 4.69) is 83.3 Å². The molecule has 12 aliphatic rings. The van der Waals surface area contributed by atoms with Gasteiger partial charge in [-0.3, -0.25) is 15.1 Å². The van der Waals surface area contributed by atoms with Crippen LogP contribution in [-0.4, -0.2) is 90.6 Å². The van der Waals surface area contributed by atoms with Gasteiger partial charge >= 0.3 is 0 Å². The van der Waals surface area contributed by atoms with E-state index < -0.39 is 33.0 Å². The van der Waals surface area contributed by atoms with Crippen molar-refractivity contribution in [2.75, 3.05) is 46.3 Å². The van der Waals surface area contributed by atoms with Gasteiger partial charge in [0.2, 0.25) is 11.7 Å². The van der Waals surface area contributed by atoms with Crippen LogP contribution in [0.2, 0.25) is 0 Å². The number of guanidine groups is 1. The number of phenols is 1. The number of aliphatic hydroxyl groups excluding tert-OH is 2. The van der Waals surface area contributed by atoms with Crippen molar-refractivity contribution < 1.29 is 44.2 Å². The molecule has 17 atom stereocenters. The first-order valence-corrected chi connectivity index (χ1v) is 35.3. The van der Waals surface area contributed by atoms with E-state index in [1.807, 2.05) is 19.2 Å². The van der Waals surface area contributed by atoms with E-state index in [-0.39, 0.29) is 71.8 Å². The molecule has 0 amide bonds. The number of nitrogens with one attached hydrogen (secondary N) is 3. The highest BCUT2D eigenvalue weighted by molar-refractivity contribution is 5.97. The lowest BCUT2D eigenvalue weighted by Gasteiger charge is -2.62. The van der Waals surface area contributed by atoms with E-state index in [0.29, 0.717) is 90.7 Å². The van der Waals surface area contributed by atoms with Crippen LogP contribution in [0.1, 0.15) is 191 Å². The number of aromatic hydroxyl groups is 1. The summed E-state index contributed by atoms with van der Waals surface area (Å²) in [6.45, 7) is 3.17. The molecule has 480 valence electrons. The van der Waals surface area contributed by atoms with Crippen LogP contribution in [0, 0.1) is 111 Å². The van der Waals surface area contributed by atoms with Crippen molar-refractivity contribution in [2.45, 2.75) is 210 Å². The number of ether oxygens (including phenoxy) is 4. The van der Waals surface area contributed by atoms with Crippen LogP contribution in [0.3, 0.4) is 0 Å². The number of hydrogen-bond donors (Lipinski definition) is 7. The van der Waals surface area contributed by atoms with Crippen LogP contribution >= 0.6 is 0 Å². The van der Waals surface area contributed by atoms with Crippen molar-refractivity contribution in [3.63, 3.8) is 0 Å². The fourth-order valence-electron chi connectivity index (χ4n) is 23.4. The topological polar surface area (TPSA) is 183 Å². The molecule has 9 aliphatic carbocycles. The van der Waals surface area contributed by atoms with Gasteiger partial charge < -0.3 is 50.0 Å². The molecule has 0 radical (unpaired) electrons. The molecule has 0 aromatic heterocycles. The lowest BCUT2D eigenvalue weighted by molar-refractivity contribution is -0.308. The molecule has 17 unspecified atom stereocenters. The molecule has 14 rings (SSSR count). The highest BCUT2D eigenvalue weighted by Gasteiger charge is 2.70. The monoisotopic (exact) mass is 1210 g/mol. The summed E-state index contributed by atoms with van der Waals surface area (Å²) in [5.74, 6) is 10.6. The number of rotatable bonds is 10. The molecule has 7 N–H and O–H groups in total. The largest absolute Gasteiger partial charge is 0.504 e. The van der Waals surface area contributed by atoms with E-state index >= 15 is 4.79 Å². The summed E-state index contributed by atoms with van der Waals surface area (Å²) in [4.78, 5) is 21.1. The summed E-state index contributed by atoms with van der Waals surface area (Å²) in [6.07, 6.45) is 39.2. The van der Waals surface area contributed by atoms with Gasteiger partial charge in [0.1, 0.15) is 11.7 Å². The second-order valence-corrected chi connectivity index (χ2v) is 31.0. The predicted molar refractivity (Wildman–Crippen MR) is 346 cm³/mol. The van der Waals surface area contributed by atoms with E-state index in [0.717, 1.165) is 128 Å². The third-order valence-corrected chi connectivity index (χ3v) is 27.0. The molecule has 4 spiro atoms. The Kier molecular flexibility index (Phi) is 16.7. The minimum absolute atomic E-state index is 0.00844. The van der Waals surface area contributed by atoms with Crippen molar-refractivity contribution in [3.05, 3.63) is 65.8 Å². The first-order chi connectivity index (χ1) is 43.2. The number of nitrogens with zero attached hydrogens (tertiary/aromatic N) is 1. The maximum absolute atomic E-state index is 16.2. The van der Waals surface area contributed by atoms with Crippen molar-refractivity contribution in [1.29, 1.82) is 0 Å². The van der Waals surface area contributed by atoms with Gasteiger partial charge in [0.05, 0.1) is 18.9 Å². The van der Waals surface area contributed by atoms with E-state index in [9.17, 15) is 20.4 Å². The maximum atomic E-state index is 16.2. The molecule has 4 bridgehead atoms. The van der Waals surface area contributed by atoms with Crippen molar-refractivity contribution in [3.8, 4) is 47.0 Å². The number of aliphatic hydroxyl groups is 3. The van der Waals surface area contributed by atoms with Gasteiger partial charge in [-0.15, -0.1) is 0 Å². The average molecular weight is 1220 g/mol. The fraction of sp³-hybridized carbons (Fsp3) is 0.711. The Morgan fingerprint density at radius 2 is 1.75 bits per heavy atom. The Hall–Kier alpha value is -5.02. The van der Waals surface area contributed by atoms with Crippen molar-refractivity contribution >= 4 is 17.4 Å². The molecular weight excluding hydrogens is 1110 g/mol. The Labute approximate surface area is 530 Å². The zero-order chi connectivity index (χ0) is 61.4. The predicted octanol–water partition coefficient (Wildman–Crippen LogP) is 12.7. The van der Waals surface area contributed by atoms with E-state index in [1.54, 1.807) is 20.2 Å². The normalized spacial score (nSPS) is 40.8. The Morgan fingerprint density at radius 3 is 2.54 bits per heavy atom. The van der Waals surface area contributed by atoms with Gasteiger partial charge in [0.25, 0.3) is 0 Å². The van der Waals surface area contributed by atoms with Gasteiger partial charge in [-0.2, -0.15) is 0 Å². The number of benzene rings is 2. The number of anilines is 1. The van der Waals surface area contributed by atoms with Crippen LogP contribution in [0.15, 0.2) is 59.6 Å². The average Bonchev–Trinajstić information content (AvgIpc) is 1.61. The summed E-state index contributed by atoms with van der Waals surface area (Å²) >= 11 is 0. The number of aliphatic imine (C=N–C) groups is 1. The quantitative estimate of drug-likeness (QED) is 0.0884. The van der Waals surface area contributed by atoms with Gasteiger partial charge in [0, 0.05) is 79.2 Å². The zero-order valence-electron chi connectivity index (χ0n) is 53.8. The first-order valence-electron chi connectivity index (χ1n) is 35.3. The summed E-state index contributed by atoms with van der Waals surface area (Å²) in [5.41, 5.74) is 0.0942. The second-order valence-electron chi connectivity index (χ2n) is 31.0. The van der Waals surface area contributed by atoms with Crippen LogP contribution in [0.25, 0.3) is 0 Å². The molecule has 1 saturated heterocycles. The molecule has 89 heavy (non-hydrogen) atoms. The number of carbonyl (C=O) groups is 1. The molecule has 13 nitrogen and oxygen atoms in total. The van der Waals surface area contributed by atoms with E-state index in [4.69, 9.17) is 23.9 Å². The summed E-state index contributed by atoms with van der Waals surface area (Å²) in [7, 11) is 5.41. The van der Waals surface area contributed by atoms with Crippen molar-refractivity contribution in [2.24, 2.45) is 91.7 Å². The zero-order valence-corrected chi connectivity index (χ0v) is 53.8. The van der Waals surface area contributed by atoms with Crippen LogP contribution in [-0.2, 0) is 21.4 Å². The number of likely N-dealkylation sites (N-methyl/N-ethyl adjacent to an activating group) is 1. The molecule has 3 heterocycles.